The zero-order valence-electron chi connectivity index (χ0n) is 17.7. The lowest BCUT2D eigenvalue weighted by Gasteiger charge is -2.47. The van der Waals surface area contributed by atoms with Crippen molar-refractivity contribution < 1.29 is 79.9 Å². The highest BCUT2D eigenvalue weighted by Crippen LogP contribution is 2.32. The van der Waals surface area contributed by atoms with Gasteiger partial charge in [0.2, 0.25) is 0 Å². The van der Waals surface area contributed by atoms with E-state index in [1.807, 2.05) is 0 Å². The molecule has 0 bridgehead atoms. The van der Waals surface area contributed by atoms with Crippen molar-refractivity contribution in [1.29, 1.82) is 0 Å². The number of rotatable bonds is 7. The summed E-state index contributed by atoms with van der Waals surface area (Å²) in [5, 5.41) is 110. The smallest absolute Gasteiger partial charge is 0.187 e. The second-order valence-corrected chi connectivity index (χ2v) is 8.33. The Balaban J connectivity index is 1.78. The fourth-order valence-corrected chi connectivity index (χ4v) is 4.04. The lowest BCUT2D eigenvalue weighted by atomic mass is 9.96. The van der Waals surface area contributed by atoms with Gasteiger partial charge in [-0.15, -0.1) is 0 Å². The van der Waals surface area contributed by atoms with Crippen molar-refractivity contribution in [2.75, 3.05) is 19.8 Å². The molecule has 0 aromatic heterocycles. The van der Waals surface area contributed by atoms with E-state index in [9.17, 15) is 56.2 Å². The first-order valence-electron chi connectivity index (χ1n) is 10.6. The van der Waals surface area contributed by atoms with Gasteiger partial charge in [0.25, 0.3) is 0 Å². The van der Waals surface area contributed by atoms with E-state index in [4.69, 9.17) is 23.7 Å². The summed E-state index contributed by atoms with van der Waals surface area (Å²) in [4.78, 5) is 0. The third kappa shape index (κ3) is 5.37. The van der Waals surface area contributed by atoms with Gasteiger partial charge in [0.05, 0.1) is 19.8 Å². The average molecular weight is 504 g/mol. The molecule has 11 N–H and O–H groups in total. The lowest BCUT2D eigenvalue weighted by molar-refractivity contribution is -0.379. The summed E-state index contributed by atoms with van der Waals surface area (Å²) in [6, 6.07) is 0. The maximum atomic E-state index is 10.7. The first-order chi connectivity index (χ1) is 16.0. The Morgan fingerprint density at radius 1 is 0.441 bits per heavy atom. The first-order valence-corrected chi connectivity index (χ1v) is 10.6. The number of hydrogen-bond acceptors (Lipinski definition) is 16. The molecule has 1 unspecified atom stereocenters. The van der Waals surface area contributed by atoms with Crippen molar-refractivity contribution in [3.8, 4) is 0 Å². The van der Waals surface area contributed by atoms with Crippen molar-refractivity contribution in [2.45, 2.75) is 92.1 Å². The number of ether oxygens (including phenoxy) is 5. The normalized spacial score (nSPS) is 52.5. The van der Waals surface area contributed by atoms with Gasteiger partial charge in [-0.05, 0) is 0 Å². The van der Waals surface area contributed by atoms with Crippen molar-refractivity contribution >= 4 is 0 Å². The lowest BCUT2D eigenvalue weighted by Crippen LogP contribution is -2.66. The van der Waals surface area contributed by atoms with Gasteiger partial charge in [-0.1, -0.05) is 0 Å². The van der Waals surface area contributed by atoms with Crippen LogP contribution in [0.2, 0.25) is 0 Å². The van der Waals surface area contributed by atoms with E-state index >= 15 is 0 Å². The Kier molecular flexibility index (Phi) is 9.54. The van der Waals surface area contributed by atoms with Crippen LogP contribution in [0.5, 0.6) is 0 Å². The molecular formula is C18H32O16. The monoisotopic (exact) mass is 504 g/mol. The van der Waals surface area contributed by atoms with Crippen LogP contribution >= 0.6 is 0 Å². The van der Waals surface area contributed by atoms with E-state index in [0.717, 1.165) is 0 Å². The summed E-state index contributed by atoms with van der Waals surface area (Å²) in [5.74, 6) is 0. The molecule has 0 saturated carbocycles. The number of aliphatic hydroxyl groups is 11. The van der Waals surface area contributed by atoms with Gasteiger partial charge >= 0.3 is 0 Å². The van der Waals surface area contributed by atoms with Crippen molar-refractivity contribution in [3.05, 3.63) is 0 Å². The van der Waals surface area contributed by atoms with E-state index in [1.165, 1.54) is 0 Å². The highest BCUT2D eigenvalue weighted by atomic mass is 16.7. The fourth-order valence-electron chi connectivity index (χ4n) is 4.04. The summed E-state index contributed by atoms with van der Waals surface area (Å²) in [7, 11) is 0. The predicted molar refractivity (Wildman–Crippen MR) is 101 cm³/mol. The maximum absolute atomic E-state index is 10.7. The molecule has 0 aliphatic carbocycles. The van der Waals surface area contributed by atoms with E-state index in [1.54, 1.807) is 0 Å². The van der Waals surface area contributed by atoms with Crippen LogP contribution in [0.15, 0.2) is 0 Å². The van der Waals surface area contributed by atoms with Crippen LogP contribution in [0, 0.1) is 0 Å². The minimum atomic E-state index is -1.92. The quantitative estimate of drug-likeness (QED) is 0.154. The van der Waals surface area contributed by atoms with Gasteiger partial charge in [-0.2, -0.15) is 0 Å². The summed E-state index contributed by atoms with van der Waals surface area (Å²) < 4.78 is 26.2. The predicted octanol–water partition coefficient (Wildman–Crippen LogP) is -7.57. The molecule has 34 heavy (non-hydrogen) atoms. The van der Waals surface area contributed by atoms with E-state index in [2.05, 4.69) is 0 Å². The summed E-state index contributed by atoms with van der Waals surface area (Å²) in [6.45, 7) is -2.33. The van der Waals surface area contributed by atoms with Gasteiger partial charge in [0.1, 0.15) is 73.2 Å². The van der Waals surface area contributed by atoms with E-state index in [0.29, 0.717) is 0 Å². The van der Waals surface area contributed by atoms with Gasteiger partial charge in [0, 0.05) is 0 Å². The van der Waals surface area contributed by atoms with Crippen LogP contribution in [-0.2, 0) is 23.7 Å². The van der Waals surface area contributed by atoms with Gasteiger partial charge in [-0.3, -0.25) is 0 Å². The molecule has 200 valence electrons. The average Bonchev–Trinajstić information content (AvgIpc) is 2.82. The van der Waals surface area contributed by atoms with Crippen LogP contribution in [-0.4, -0.2) is 168 Å². The SMILES string of the molecule is OC[C@H]1O[C@@H](O[C@@H]2[C@@H](O)[C@H](O[C@H]3[C@H](O)[C@@H](CO)OC(O)[C@@H]3O)O[C@H](CO)[C@H]2O)[C@H](O)[C@@H](O)[C@@H]1O. The topological polar surface area (TPSA) is 269 Å². The molecule has 16 nitrogen and oxygen atoms in total. The molecule has 0 aromatic carbocycles. The first kappa shape index (κ1) is 27.9. The van der Waals surface area contributed by atoms with Crippen LogP contribution in [0.4, 0.5) is 0 Å². The van der Waals surface area contributed by atoms with Crippen LogP contribution in [0.1, 0.15) is 0 Å². The molecule has 15 atom stereocenters. The number of hydrogen-bond donors (Lipinski definition) is 11. The Hall–Kier alpha value is -0.640. The third-order valence-electron chi connectivity index (χ3n) is 6.09. The van der Waals surface area contributed by atoms with Crippen molar-refractivity contribution in [2.24, 2.45) is 0 Å². The maximum Gasteiger partial charge on any atom is 0.187 e. The van der Waals surface area contributed by atoms with Crippen LogP contribution < -0.4 is 0 Å². The minimum absolute atomic E-state index is 0.750. The van der Waals surface area contributed by atoms with Crippen LogP contribution in [0.25, 0.3) is 0 Å². The summed E-state index contributed by atoms with van der Waals surface area (Å²) in [6.07, 6.45) is -25.5. The highest BCUT2D eigenvalue weighted by molar-refractivity contribution is 4.96. The second-order valence-electron chi connectivity index (χ2n) is 8.33. The molecule has 16 heteroatoms. The van der Waals surface area contributed by atoms with Crippen LogP contribution in [0.3, 0.4) is 0 Å². The van der Waals surface area contributed by atoms with E-state index < -0.39 is 112 Å². The molecule has 3 fully saturated rings. The molecule has 0 radical (unpaired) electrons. The number of aliphatic hydroxyl groups excluding tert-OH is 11. The molecule has 3 heterocycles. The third-order valence-corrected chi connectivity index (χ3v) is 6.09. The Labute approximate surface area is 192 Å². The molecule has 3 saturated heterocycles. The van der Waals surface area contributed by atoms with Gasteiger partial charge in [-0.25, -0.2) is 0 Å². The molecule has 3 rings (SSSR count). The van der Waals surface area contributed by atoms with Crippen molar-refractivity contribution in [3.63, 3.8) is 0 Å². The standard InChI is InChI=1S/C18H32O16/c19-1-4-7(22)10(25)11(26)17(31-4)34-15-9(24)6(3-21)32-18(13(15)28)33-14-8(23)5(2-20)30-16(29)12(14)27/h4-29H,1-3H2/t4-,5-,6-,7-,8-,9-,10+,11-,12-,13-,14+,15+,16?,17+,18+/m1/s1. The highest BCUT2D eigenvalue weighted by Gasteiger charge is 2.53. The fraction of sp³-hybridized carbons (Fsp3) is 1.00. The zero-order chi connectivity index (χ0) is 25.3. The molecule has 0 spiro atoms. The summed E-state index contributed by atoms with van der Waals surface area (Å²) >= 11 is 0. The largest absolute Gasteiger partial charge is 0.394 e. The molecule has 0 aromatic rings. The summed E-state index contributed by atoms with van der Waals surface area (Å²) in [5.41, 5.74) is 0. The molecule has 3 aliphatic rings. The Morgan fingerprint density at radius 2 is 0.853 bits per heavy atom. The van der Waals surface area contributed by atoms with E-state index in [-0.39, 0.29) is 0 Å². The minimum Gasteiger partial charge on any atom is -0.394 e. The van der Waals surface area contributed by atoms with Crippen molar-refractivity contribution in [1.82, 2.24) is 0 Å². The Bertz CT molecular complexity index is 639. The second kappa shape index (κ2) is 11.6. The molecule has 3 aliphatic heterocycles. The molecular weight excluding hydrogens is 472 g/mol. The van der Waals surface area contributed by atoms with Gasteiger partial charge < -0.3 is 79.9 Å². The van der Waals surface area contributed by atoms with Gasteiger partial charge in [0.15, 0.2) is 18.9 Å². The zero-order valence-corrected chi connectivity index (χ0v) is 17.7. The molecule has 0 amide bonds. The Morgan fingerprint density at radius 3 is 1.35 bits per heavy atom.